The van der Waals surface area contributed by atoms with Crippen LogP contribution in [0.5, 0.6) is 0 Å². The number of carbonyl (C=O) groups excluding carboxylic acids is 3. The Morgan fingerprint density at radius 3 is 2.58 bits per heavy atom. The molecule has 1 fully saturated rings. The molecule has 134 valence electrons. The van der Waals surface area contributed by atoms with Crippen LogP contribution in [0.4, 0.5) is 11.4 Å². The minimum absolute atomic E-state index is 0.0719. The molecule has 0 aliphatic carbocycles. The molecule has 1 atom stereocenters. The minimum Gasteiger partial charge on any atom is -0.465 e. The van der Waals surface area contributed by atoms with Crippen molar-refractivity contribution in [2.75, 3.05) is 23.9 Å². The van der Waals surface area contributed by atoms with Gasteiger partial charge >= 0.3 is 5.97 Å². The van der Waals surface area contributed by atoms with Crippen molar-refractivity contribution < 1.29 is 19.1 Å². The molecule has 6 nitrogen and oxygen atoms in total. The molecule has 2 aromatic carbocycles. The van der Waals surface area contributed by atoms with E-state index in [4.69, 9.17) is 0 Å². The molecule has 2 aromatic rings. The largest absolute Gasteiger partial charge is 0.465 e. The average Bonchev–Trinajstić information content (AvgIpc) is 3.04. The van der Waals surface area contributed by atoms with Crippen LogP contribution in [0, 0.1) is 12.8 Å². The highest BCUT2D eigenvalue weighted by Gasteiger charge is 2.35. The first-order valence-corrected chi connectivity index (χ1v) is 8.34. The first kappa shape index (κ1) is 17.7. The molecule has 1 saturated heterocycles. The summed E-state index contributed by atoms with van der Waals surface area (Å²) in [6.07, 6.45) is 0.163. The minimum atomic E-state index is -0.470. The van der Waals surface area contributed by atoms with E-state index in [2.05, 4.69) is 10.1 Å². The van der Waals surface area contributed by atoms with Gasteiger partial charge in [0.1, 0.15) is 0 Å². The number of carbonyl (C=O) groups is 3. The second kappa shape index (κ2) is 7.39. The number of amides is 2. The zero-order valence-corrected chi connectivity index (χ0v) is 14.7. The maximum absolute atomic E-state index is 12.5. The predicted molar refractivity (Wildman–Crippen MR) is 98.1 cm³/mol. The van der Waals surface area contributed by atoms with Crippen molar-refractivity contribution >= 4 is 29.2 Å². The number of rotatable bonds is 4. The van der Waals surface area contributed by atoms with Gasteiger partial charge in [-0.15, -0.1) is 0 Å². The molecule has 0 radical (unpaired) electrons. The maximum Gasteiger partial charge on any atom is 0.337 e. The highest BCUT2D eigenvalue weighted by atomic mass is 16.5. The molecule has 1 aliphatic rings. The molecule has 0 bridgehead atoms. The highest BCUT2D eigenvalue weighted by molar-refractivity contribution is 6.03. The van der Waals surface area contributed by atoms with Crippen LogP contribution in [0.25, 0.3) is 0 Å². The molecule has 3 rings (SSSR count). The number of nitrogens with one attached hydrogen (secondary N) is 1. The molecular formula is C20H20N2O4. The molecule has 2 amide bonds. The topological polar surface area (TPSA) is 75.7 Å². The van der Waals surface area contributed by atoms with Gasteiger partial charge in [-0.2, -0.15) is 0 Å². The summed E-state index contributed by atoms with van der Waals surface area (Å²) in [5.41, 5.74) is 2.76. The lowest BCUT2D eigenvalue weighted by molar-refractivity contribution is -0.122. The summed E-state index contributed by atoms with van der Waals surface area (Å²) < 4.78 is 4.68. The Balaban J connectivity index is 1.68. The monoisotopic (exact) mass is 352 g/mol. The normalized spacial score (nSPS) is 16.5. The van der Waals surface area contributed by atoms with Crippen molar-refractivity contribution in [1.29, 1.82) is 0 Å². The lowest BCUT2D eigenvalue weighted by Crippen LogP contribution is -2.28. The molecule has 0 spiro atoms. The first-order valence-electron chi connectivity index (χ1n) is 8.34. The van der Waals surface area contributed by atoms with Crippen LogP contribution in [0.3, 0.4) is 0 Å². The third-order valence-electron chi connectivity index (χ3n) is 4.39. The average molecular weight is 352 g/mol. The smallest absolute Gasteiger partial charge is 0.337 e. The number of nitrogens with zero attached hydrogens (tertiary/aromatic N) is 1. The molecule has 6 heteroatoms. The Hall–Kier alpha value is -3.15. The van der Waals surface area contributed by atoms with Gasteiger partial charge in [0, 0.05) is 24.3 Å². The lowest BCUT2D eigenvalue weighted by Gasteiger charge is -2.17. The van der Waals surface area contributed by atoms with E-state index in [1.165, 1.54) is 7.11 Å². The number of hydrogen-bond donors (Lipinski definition) is 1. The molecule has 0 aromatic heterocycles. The number of aryl methyl sites for hydroxylation is 1. The van der Waals surface area contributed by atoms with Crippen LogP contribution in [0.1, 0.15) is 22.3 Å². The second-order valence-corrected chi connectivity index (χ2v) is 6.30. The van der Waals surface area contributed by atoms with Gasteiger partial charge in [0.25, 0.3) is 0 Å². The second-order valence-electron chi connectivity index (χ2n) is 6.30. The van der Waals surface area contributed by atoms with Crippen molar-refractivity contribution in [2.45, 2.75) is 13.3 Å². The van der Waals surface area contributed by atoms with Crippen molar-refractivity contribution in [3.05, 3.63) is 59.7 Å². The summed E-state index contributed by atoms with van der Waals surface area (Å²) in [6, 6.07) is 14.2. The summed E-state index contributed by atoms with van der Waals surface area (Å²) >= 11 is 0. The summed E-state index contributed by atoms with van der Waals surface area (Å²) in [6.45, 7) is 2.32. The first-order chi connectivity index (χ1) is 12.5. The fraction of sp³-hybridized carbons (Fsp3) is 0.250. The number of methoxy groups -OCH3 is 1. The van der Waals surface area contributed by atoms with Gasteiger partial charge in [0.2, 0.25) is 11.8 Å². The van der Waals surface area contributed by atoms with E-state index in [1.54, 1.807) is 29.2 Å². The fourth-order valence-corrected chi connectivity index (χ4v) is 2.94. The quantitative estimate of drug-likeness (QED) is 0.859. The van der Waals surface area contributed by atoms with E-state index in [9.17, 15) is 14.4 Å². The number of benzene rings is 2. The molecule has 1 aliphatic heterocycles. The van der Waals surface area contributed by atoms with Gasteiger partial charge in [-0.1, -0.05) is 23.8 Å². The highest BCUT2D eigenvalue weighted by Crippen LogP contribution is 2.26. The molecular weight excluding hydrogens is 332 g/mol. The molecule has 1 heterocycles. The third-order valence-corrected chi connectivity index (χ3v) is 4.39. The van der Waals surface area contributed by atoms with E-state index < -0.39 is 11.9 Å². The van der Waals surface area contributed by atoms with Gasteiger partial charge in [-0.25, -0.2) is 4.79 Å². The zero-order chi connectivity index (χ0) is 18.7. The SMILES string of the molecule is COC(=O)c1cccc(NC(=O)C2CC(=O)N(c3ccc(C)cc3)C2)c1. The standard InChI is InChI=1S/C20H20N2O4/c1-13-6-8-17(9-7-13)22-12-15(11-18(22)23)19(24)21-16-5-3-4-14(10-16)20(25)26-2/h3-10,15H,11-12H2,1-2H3,(H,21,24). The van der Waals surface area contributed by atoms with Gasteiger partial charge in [0.15, 0.2) is 0 Å². The van der Waals surface area contributed by atoms with E-state index in [0.29, 0.717) is 17.8 Å². The van der Waals surface area contributed by atoms with Gasteiger partial charge in [-0.05, 0) is 37.3 Å². The Bertz CT molecular complexity index is 845. The molecule has 1 unspecified atom stereocenters. The summed E-state index contributed by atoms with van der Waals surface area (Å²) in [5.74, 6) is -1.22. The van der Waals surface area contributed by atoms with Crippen LogP contribution in [0.2, 0.25) is 0 Å². The zero-order valence-electron chi connectivity index (χ0n) is 14.7. The number of anilines is 2. The number of esters is 1. The van der Waals surface area contributed by atoms with E-state index in [0.717, 1.165) is 11.3 Å². The van der Waals surface area contributed by atoms with Crippen molar-refractivity contribution in [3.8, 4) is 0 Å². The maximum atomic E-state index is 12.5. The lowest BCUT2D eigenvalue weighted by atomic mass is 10.1. The summed E-state index contributed by atoms with van der Waals surface area (Å²) in [7, 11) is 1.30. The van der Waals surface area contributed by atoms with Gasteiger partial charge < -0.3 is 15.0 Å². The Kier molecular flexibility index (Phi) is 5.02. The van der Waals surface area contributed by atoms with Crippen LogP contribution in [-0.4, -0.2) is 31.4 Å². The van der Waals surface area contributed by atoms with Gasteiger partial charge in [-0.3, -0.25) is 9.59 Å². The summed E-state index contributed by atoms with van der Waals surface area (Å²) in [4.78, 5) is 38.1. The van der Waals surface area contributed by atoms with Gasteiger partial charge in [0.05, 0.1) is 18.6 Å². The van der Waals surface area contributed by atoms with Crippen LogP contribution in [0.15, 0.2) is 48.5 Å². The van der Waals surface area contributed by atoms with Crippen molar-refractivity contribution in [1.82, 2.24) is 0 Å². The number of hydrogen-bond acceptors (Lipinski definition) is 4. The Morgan fingerprint density at radius 2 is 1.88 bits per heavy atom. The molecule has 26 heavy (non-hydrogen) atoms. The fourth-order valence-electron chi connectivity index (χ4n) is 2.94. The number of ether oxygens (including phenoxy) is 1. The molecule has 1 N–H and O–H groups in total. The van der Waals surface area contributed by atoms with E-state index >= 15 is 0 Å². The van der Waals surface area contributed by atoms with Crippen LogP contribution >= 0.6 is 0 Å². The van der Waals surface area contributed by atoms with Crippen molar-refractivity contribution in [3.63, 3.8) is 0 Å². The van der Waals surface area contributed by atoms with E-state index in [1.807, 2.05) is 31.2 Å². The van der Waals surface area contributed by atoms with Crippen molar-refractivity contribution in [2.24, 2.45) is 5.92 Å². The van der Waals surface area contributed by atoms with E-state index in [-0.39, 0.29) is 18.2 Å². The third kappa shape index (κ3) is 3.74. The Labute approximate surface area is 151 Å². The summed E-state index contributed by atoms with van der Waals surface area (Å²) in [5, 5.41) is 2.78. The molecule has 0 saturated carbocycles. The van der Waals surface area contributed by atoms with Crippen LogP contribution in [-0.2, 0) is 14.3 Å². The van der Waals surface area contributed by atoms with Crippen LogP contribution < -0.4 is 10.2 Å². The Morgan fingerprint density at radius 1 is 1.15 bits per heavy atom. The predicted octanol–water partition coefficient (Wildman–Crippen LogP) is 2.77.